The third-order valence-corrected chi connectivity index (χ3v) is 6.12. The quantitative estimate of drug-likeness (QED) is 0.476. The van der Waals surface area contributed by atoms with E-state index in [0.29, 0.717) is 18.9 Å². The summed E-state index contributed by atoms with van der Waals surface area (Å²) in [4.78, 5) is 15.9. The molecule has 3 aromatic heterocycles. The molecule has 0 atom stereocenters. The second-order valence-electron chi connectivity index (χ2n) is 6.98. The molecule has 9 heteroatoms. The number of hydrogen-bond acceptors (Lipinski definition) is 7. The van der Waals surface area contributed by atoms with Crippen molar-refractivity contribution >= 4 is 29.0 Å². The zero-order chi connectivity index (χ0) is 19.9. The van der Waals surface area contributed by atoms with Crippen LogP contribution in [0.15, 0.2) is 33.3 Å². The fourth-order valence-corrected chi connectivity index (χ4v) is 4.41. The van der Waals surface area contributed by atoms with Gasteiger partial charge in [0.1, 0.15) is 11.6 Å². The van der Waals surface area contributed by atoms with Gasteiger partial charge >= 0.3 is 0 Å². The van der Waals surface area contributed by atoms with Gasteiger partial charge in [-0.2, -0.15) is 0 Å². The van der Waals surface area contributed by atoms with Gasteiger partial charge in [-0.3, -0.25) is 9.36 Å². The summed E-state index contributed by atoms with van der Waals surface area (Å²) in [6, 6.07) is 3.76. The van der Waals surface area contributed by atoms with Crippen LogP contribution in [0.5, 0.6) is 0 Å². The van der Waals surface area contributed by atoms with Crippen LogP contribution in [0, 0.1) is 5.92 Å². The Kier molecular flexibility index (Phi) is 7.27. The van der Waals surface area contributed by atoms with Crippen LogP contribution in [-0.2, 0) is 29.9 Å². The maximum Gasteiger partial charge on any atom is 0.217 e. The lowest BCUT2D eigenvalue weighted by Gasteiger charge is -2.08. The van der Waals surface area contributed by atoms with Crippen molar-refractivity contribution in [3.63, 3.8) is 0 Å². The molecule has 3 aromatic rings. The van der Waals surface area contributed by atoms with E-state index in [9.17, 15) is 4.79 Å². The summed E-state index contributed by atoms with van der Waals surface area (Å²) in [6.07, 6.45) is 4.52. The molecule has 28 heavy (non-hydrogen) atoms. The topological polar surface area (TPSA) is 99.8 Å². The number of aromatic nitrogens is 4. The predicted octanol–water partition coefficient (Wildman–Crippen LogP) is 3.67. The number of thioether (sulfide) groups is 1. The van der Waals surface area contributed by atoms with Gasteiger partial charge < -0.3 is 10.2 Å². The number of hydrogen-bond donors (Lipinski definition) is 1. The van der Waals surface area contributed by atoms with E-state index in [1.807, 2.05) is 16.7 Å². The normalized spacial score (nSPS) is 11.4. The van der Waals surface area contributed by atoms with Gasteiger partial charge in [-0.15, -0.1) is 21.5 Å². The highest BCUT2D eigenvalue weighted by molar-refractivity contribution is 7.98. The molecule has 0 unspecified atom stereocenters. The van der Waals surface area contributed by atoms with Gasteiger partial charge in [0.05, 0.1) is 23.5 Å². The SMILES string of the molecule is CC(C)CCc1nc(CSc2nnc(CCC(N)=O)n2Cc2ccco2)cs1. The van der Waals surface area contributed by atoms with E-state index in [2.05, 4.69) is 29.4 Å². The Balaban J connectivity index is 1.67. The first-order chi connectivity index (χ1) is 13.5. The number of rotatable bonds is 11. The summed E-state index contributed by atoms with van der Waals surface area (Å²) in [5.41, 5.74) is 6.34. The smallest absolute Gasteiger partial charge is 0.217 e. The average Bonchev–Trinajstić information content (AvgIpc) is 3.39. The van der Waals surface area contributed by atoms with Crippen molar-refractivity contribution in [3.8, 4) is 0 Å². The lowest BCUT2D eigenvalue weighted by molar-refractivity contribution is -0.118. The maximum absolute atomic E-state index is 11.1. The van der Waals surface area contributed by atoms with E-state index in [4.69, 9.17) is 15.1 Å². The van der Waals surface area contributed by atoms with Gasteiger partial charge in [0.25, 0.3) is 0 Å². The second-order valence-corrected chi connectivity index (χ2v) is 8.87. The molecule has 0 aromatic carbocycles. The molecule has 0 saturated carbocycles. The highest BCUT2D eigenvalue weighted by Gasteiger charge is 2.16. The van der Waals surface area contributed by atoms with Crippen molar-refractivity contribution < 1.29 is 9.21 Å². The van der Waals surface area contributed by atoms with Crippen LogP contribution in [0.3, 0.4) is 0 Å². The Hall–Kier alpha value is -2.13. The molecular formula is C19H25N5O2S2. The summed E-state index contributed by atoms with van der Waals surface area (Å²) in [6.45, 7) is 4.98. The van der Waals surface area contributed by atoms with Gasteiger partial charge in [0, 0.05) is 24.0 Å². The monoisotopic (exact) mass is 419 g/mol. The summed E-state index contributed by atoms with van der Waals surface area (Å²) < 4.78 is 7.45. The minimum Gasteiger partial charge on any atom is -0.467 e. The first kappa shape index (κ1) is 20.6. The van der Waals surface area contributed by atoms with Gasteiger partial charge in [0.15, 0.2) is 5.16 Å². The standard InChI is InChI=1S/C19H25N5O2S2/c1-13(2)5-8-18-21-14(11-27-18)12-28-19-23-22-17(7-6-16(20)25)24(19)10-15-4-3-9-26-15/h3-4,9,11,13H,5-8,10,12H2,1-2H3,(H2,20,25). The van der Waals surface area contributed by atoms with Gasteiger partial charge in [-0.25, -0.2) is 4.98 Å². The lowest BCUT2D eigenvalue weighted by atomic mass is 10.1. The van der Waals surface area contributed by atoms with E-state index < -0.39 is 0 Å². The van der Waals surface area contributed by atoms with Crippen LogP contribution in [0.1, 0.15) is 49.0 Å². The molecule has 0 radical (unpaired) electrons. The van der Waals surface area contributed by atoms with Crippen molar-refractivity contribution in [2.24, 2.45) is 11.7 Å². The maximum atomic E-state index is 11.1. The minimum atomic E-state index is -0.349. The molecular weight excluding hydrogens is 394 g/mol. The number of nitrogens with two attached hydrogens (primary N) is 1. The Morgan fingerprint density at radius 2 is 2.21 bits per heavy atom. The third-order valence-electron chi connectivity index (χ3n) is 4.17. The van der Waals surface area contributed by atoms with Crippen LogP contribution in [0.4, 0.5) is 0 Å². The van der Waals surface area contributed by atoms with Crippen molar-refractivity contribution in [1.82, 2.24) is 19.7 Å². The number of primary amides is 1. The van der Waals surface area contributed by atoms with Crippen molar-refractivity contribution in [2.75, 3.05) is 0 Å². The van der Waals surface area contributed by atoms with Crippen LogP contribution in [-0.4, -0.2) is 25.7 Å². The molecule has 1 amide bonds. The number of carbonyl (C=O) groups excluding carboxylic acids is 1. The number of aryl methyl sites for hydroxylation is 2. The molecule has 0 bridgehead atoms. The Morgan fingerprint density at radius 1 is 1.36 bits per heavy atom. The third kappa shape index (κ3) is 5.93. The van der Waals surface area contributed by atoms with Gasteiger partial charge in [-0.1, -0.05) is 25.6 Å². The predicted molar refractivity (Wildman–Crippen MR) is 110 cm³/mol. The Labute approximate surface area is 172 Å². The summed E-state index contributed by atoms with van der Waals surface area (Å²) >= 11 is 3.31. The zero-order valence-electron chi connectivity index (χ0n) is 16.1. The van der Waals surface area contributed by atoms with Crippen LogP contribution in [0.2, 0.25) is 0 Å². The van der Waals surface area contributed by atoms with E-state index in [-0.39, 0.29) is 12.3 Å². The number of carbonyl (C=O) groups is 1. The minimum absolute atomic E-state index is 0.242. The molecule has 2 N–H and O–H groups in total. The molecule has 0 spiro atoms. The highest BCUT2D eigenvalue weighted by Crippen LogP contribution is 2.25. The molecule has 0 aliphatic rings. The number of furan rings is 1. The summed E-state index contributed by atoms with van der Waals surface area (Å²) in [5.74, 6) is 2.60. The molecule has 150 valence electrons. The van der Waals surface area contributed by atoms with Crippen LogP contribution >= 0.6 is 23.1 Å². The molecule has 0 aliphatic heterocycles. The molecule has 0 fully saturated rings. The fraction of sp³-hybridized carbons (Fsp3) is 0.474. The largest absolute Gasteiger partial charge is 0.467 e. The molecule has 0 saturated heterocycles. The lowest BCUT2D eigenvalue weighted by Crippen LogP contribution is -2.14. The van der Waals surface area contributed by atoms with Crippen LogP contribution in [0.25, 0.3) is 0 Å². The van der Waals surface area contributed by atoms with E-state index >= 15 is 0 Å². The second kappa shape index (κ2) is 9.88. The molecule has 7 nitrogen and oxygen atoms in total. The van der Waals surface area contributed by atoms with E-state index in [1.165, 1.54) is 5.01 Å². The Bertz CT molecular complexity index is 886. The van der Waals surface area contributed by atoms with Gasteiger partial charge in [0.2, 0.25) is 5.91 Å². The van der Waals surface area contributed by atoms with E-state index in [1.54, 1.807) is 29.4 Å². The van der Waals surface area contributed by atoms with Gasteiger partial charge in [-0.05, 0) is 30.9 Å². The molecule has 0 aliphatic carbocycles. The number of thiazole rings is 1. The average molecular weight is 420 g/mol. The first-order valence-electron chi connectivity index (χ1n) is 9.30. The first-order valence-corrected chi connectivity index (χ1v) is 11.2. The Morgan fingerprint density at radius 3 is 2.93 bits per heavy atom. The highest BCUT2D eigenvalue weighted by atomic mass is 32.2. The fourth-order valence-electron chi connectivity index (χ4n) is 2.64. The molecule has 3 heterocycles. The van der Waals surface area contributed by atoms with Crippen molar-refractivity contribution in [1.29, 1.82) is 0 Å². The van der Waals surface area contributed by atoms with Crippen molar-refractivity contribution in [3.05, 3.63) is 46.1 Å². The van der Waals surface area contributed by atoms with Crippen molar-refractivity contribution in [2.45, 2.75) is 57.0 Å². The van der Waals surface area contributed by atoms with Crippen LogP contribution < -0.4 is 5.73 Å². The summed E-state index contributed by atoms with van der Waals surface area (Å²) in [5, 5.41) is 12.7. The van der Waals surface area contributed by atoms with E-state index in [0.717, 1.165) is 41.0 Å². The number of nitrogens with zero attached hydrogens (tertiary/aromatic N) is 4. The zero-order valence-corrected chi connectivity index (χ0v) is 17.8. The summed E-state index contributed by atoms with van der Waals surface area (Å²) in [7, 11) is 0. The number of amides is 1. The molecule has 3 rings (SSSR count).